The van der Waals surface area contributed by atoms with Crippen molar-refractivity contribution in [3.63, 3.8) is 0 Å². The summed E-state index contributed by atoms with van der Waals surface area (Å²) in [4.78, 5) is 11.4. The van der Waals surface area contributed by atoms with Crippen LogP contribution in [0, 0.1) is 0 Å². The number of halogens is 1. The van der Waals surface area contributed by atoms with Gasteiger partial charge in [-0.2, -0.15) is 0 Å². The van der Waals surface area contributed by atoms with E-state index >= 15 is 0 Å². The number of hydrogen-bond donors (Lipinski definition) is 3. The lowest BCUT2D eigenvalue weighted by atomic mass is 10.1. The number of ether oxygens (including phenoxy) is 1. The molecule has 8 heteroatoms. The largest absolute Gasteiger partial charge is 0.382 e. The Balaban J connectivity index is 1.32. The molecule has 3 heterocycles. The first-order chi connectivity index (χ1) is 15.2. The minimum Gasteiger partial charge on any atom is -0.382 e. The zero-order valence-corrected chi connectivity index (χ0v) is 18.2. The van der Waals surface area contributed by atoms with E-state index in [1.54, 1.807) is 0 Å². The van der Waals surface area contributed by atoms with E-state index < -0.39 is 0 Å². The Hall–Kier alpha value is -2.61. The highest BCUT2D eigenvalue weighted by molar-refractivity contribution is 6.33. The molecule has 0 radical (unpaired) electrons. The van der Waals surface area contributed by atoms with Gasteiger partial charge in [-0.3, -0.25) is 0 Å². The van der Waals surface area contributed by atoms with Gasteiger partial charge in [-0.1, -0.05) is 11.6 Å². The van der Waals surface area contributed by atoms with Crippen LogP contribution in [0.2, 0.25) is 5.02 Å². The molecule has 0 amide bonds. The predicted molar refractivity (Wildman–Crippen MR) is 127 cm³/mol. The van der Waals surface area contributed by atoms with Crippen LogP contribution in [0.25, 0.3) is 10.9 Å². The molecule has 2 aromatic carbocycles. The summed E-state index contributed by atoms with van der Waals surface area (Å²) in [6.07, 6.45) is 4.12. The molecule has 31 heavy (non-hydrogen) atoms. The molecule has 0 saturated carbocycles. The summed E-state index contributed by atoms with van der Waals surface area (Å²) in [6.45, 7) is 5.30. The number of anilines is 4. The third-order valence-electron chi connectivity index (χ3n) is 5.85. The van der Waals surface area contributed by atoms with E-state index in [1.165, 1.54) is 0 Å². The third-order valence-corrected chi connectivity index (χ3v) is 6.15. The van der Waals surface area contributed by atoms with Crippen molar-refractivity contribution in [1.29, 1.82) is 0 Å². The number of aromatic nitrogens is 2. The van der Waals surface area contributed by atoms with E-state index in [2.05, 4.69) is 44.0 Å². The molecule has 0 atom stereocenters. The summed E-state index contributed by atoms with van der Waals surface area (Å²) in [5, 5.41) is 12.0. The number of fused-ring (bicyclic) bond motifs is 1. The van der Waals surface area contributed by atoms with Gasteiger partial charge in [0.15, 0.2) is 0 Å². The lowest BCUT2D eigenvalue weighted by Gasteiger charge is -2.29. The average Bonchev–Trinajstić information content (AvgIpc) is 2.80. The SMILES string of the molecule is Clc1cc(Nc2ncc3ccc(NC4CCNCC4)cc3n2)ccc1N1CCOCC1. The van der Waals surface area contributed by atoms with Crippen LogP contribution < -0.4 is 20.9 Å². The van der Waals surface area contributed by atoms with E-state index in [0.29, 0.717) is 17.0 Å². The van der Waals surface area contributed by atoms with Crippen molar-refractivity contribution in [2.24, 2.45) is 0 Å². The number of piperidine rings is 1. The second-order valence-corrected chi connectivity index (χ2v) is 8.43. The Kier molecular flexibility index (Phi) is 6.06. The average molecular weight is 439 g/mol. The van der Waals surface area contributed by atoms with Gasteiger partial charge in [0.2, 0.25) is 5.95 Å². The number of nitrogens with zero attached hydrogens (tertiary/aromatic N) is 3. The molecule has 7 nitrogen and oxygen atoms in total. The van der Waals surface area contributed by atoms with Gasteiger partial charge >= 0.3 is 0 Å². The summed E-state index contributed by atoms with van der Waals surface area (Å²) in [5.74, 6) is 0.557. The van der Waals surface area contributed by atoms with E-state index in [0.717, 1.165) is 80.2 Å². The van der Waals surface area contributed by atoms with Crippen LogP contribution in [0.1, 0.15) is 12.8 Å². The maximum Gasteiger partial charge on any atom is 0.227 e. The maximum atomic E-state index is 6.56. The van der Waals surface area contributed by atoms with Gasteiger partial charge in [-0.25, -0.2) is 9.97 Å². The Morgan fingerprint density at radius 3 is 2.65 bits per heavy atom. The van der Waals surface area contributed by atoms with E-state index in [-0.39, 0.29) is 0 Å². The van der Waals surface area contributed by atoms with Gasteiger partial charge in [0.25, 0.3) is 0 Å². The van der Waals surface area contributed by atoms with Crippen LogP contribution in [-0.4, -0.2) is 55.4 Å². The molecular weight excluding hydrogens is 412 g/mol. The molecule has 1 aromatic heterocycles. The van der Waals surface area contributed by atoms with Crippen LogP contribution in [0.5, 0.6) is 0 Å². The molecule has 2 fully saturated rings. The monoisotopic (exact) mass is 438 g/mol. The molecule has 2 saturated heterocycles. The minimum absolute atomic E-state index is 0.505. The van der Waals surface area contributed by atoms with Crippen LogP contribution in [0.3, 0.4) is 0 Å². The highest BCUT2D eigenvalue weighted by Gasteiger charge is 2.15. The molecule has 5 rings (SSSR count). The third kappa shape index (κ3) is 4.84. The normalized spacial score (nSPS) is 17.6. The second-order valence-electron chi connectivity index (χ2n) is 8.03. The first-order valence-electron chi connectivity index (χ1n) is 10.9. The van der Waals surface area contributed by atoms with Crippen molar-refractivity contribution in [2.45, 2.75) is 18.9 Å². The van der Waals surface area contributed by atoms with Crippen molar-refractivity contribution in [3.8, 4) is 0 Å². The van der Waals surface area contributed by atoms with Crippen LogP contribution in [-0.2, 0) is 4.74 Å². The Labute approximate surface area is 187 Å². The second kappa shape index (κ2) is 9.26. The molecule has 3 N–H and O–H groups in total. The number of nitrogens with one attached hydrogen (secondary N) is 3. The van der Waals surface area contributed by atoms with Crippen molar-refractivity contribution in [3.05, 3.63) is 47.6 Å². The first kappa shape index (κ1) is 20.3. The quantitative estimate of drug-likeness (QED) is 0.555. The predicted octanol–water partition coefficient (Wildman–Crippen LogP) is 4.03. The number of benzene rings is 2. The zero-order valence-electron chi connectivity index (χ0n) is 17.4. The minimum atomic E-state index is 0.505. The summed E-state index contributed by atoms with van der Waals surface area (Å²) in [7, 11) is 0. The Bertz CT molecular complexity index is 1050. The van der Waals surface area contributed by atoms with Gasteiger partial charge in [0, 0.05) is 42.1 Å². The zero-order chi connectivity index (χ0) is 21.0. The smallest absolute Gasteiger partial charge is 0.227 e. The Morgan fingerprint density at radius 2 is 1.84 bits per heavy atom. The molecule has 2 aliphatic rings. The topological polar surface area (TPSA) is 74.3 Å². The van der Waals surface area contributed by atoms with Crippen LogP contribution in [0.15, 0.2) is 42.6 Å². The number of rotatable bonds is 5. The van der Waals surface area contributed by atoms with Crippen molar-refractivity contribution in [2.75, 3.05) is 54.9 Å². The fourth-order valence-corrected chi connectivity index (χ4v) is 4.45. The molecule has 2 aliphatic heterocycles. The molecular formula is C23H27ClN6O. The van der Waals surface area contributed by atoms with Crippen molar-refractivity contribution in [1.82, 2.24) is 15.3 Å². The lowest BCUT2D eigenvalue weighted by molar-refractivity contribution is 0.122. The van der Waals surface area contributed by atoms with Crippen LogP contribution in [0.4, 0.5) is 23.0 Å². The molecule has 0 spiro atoms. The molecule has 3 aromatic rings. The summed E-state index contributed by atoms with van der Waals surface area (Å²) < 4.78 is 5.43. The van der Waals surface area contributed by atoms with Gasteiger partial charge in [0.05, 0.1) is 29.4 Å². The van der Waals surface area contributed by atoms with Crippen molar-refractivity contribution >= 4 is 45.5 Å². The summed E-state index contributed by atoms with van der Waals surface area (Å²) in [5.41, 5.74) is 3.91. The highest BCUT2D eigenvalue weighted by Crippen LogP contribution is 2.30. The van der Waals surface area contributed by atoms with Crippen molar-refractivity contribution < 1.29 is 4.74 Å². The lowest BCUT2D eigenvalue weighted by Crippen LogP contribution is -2.36. The molecule has 0 aliphatic carbocycles. The first-order valence-corrected chi connectivity index (χ1v) is 11.3. The Morgan fingerprint density at radius 1 is 1.03 bits per heavy atom. The molecule has 0 unspecified atom stereocenters. The van der Waals surface area contributed by atoms with Crippen LogP contribution >= 0.6 is 11.6 Å². The molecule has 162 valence electrons. The van der Waals surface area contributed by atoms with Gasteiger partial charge in [-0.15, -0.1) is 0 Å². The summed E-state index contributed by atoms with van der Waals surface area (Å²) >= 11 is 6.56. The maximum absolute atomic E-state index is 6.56. The number of morpholine rings is 1. The summed E-state index contributed by atoms with van der Waals surface area (Å²) in [6, 6.07) is 12.7. The highest BCUT2D eigenvalue weighted by atomic mass is 35.5. The fourth-order valence-electron chi connectivity index (χ4n) is 4.15. The molecule has 0 bridgehead atoms. The van der Waals surface area contributed by atoms with E-state index in [9.17, 15) is 0 Å². The number of hydrogen-bond acceptors (Lipinski definition) is 7. The standard InChI is InChI=1S/C23H27ClN6O/c24-20-13-18(3-4-22(20)30-9-11-31-12-10-30)28-23-26-15-16-1-2-19(14-21(16)29-23)27-17-5-7-25-8-6-17/h1-4,13-15,17,25,27H,5-12H2,(H,26,28,29). The van der Waals surface area contributed by atoms with Gasteiger partial charge in [0.1, 0.15) is 0 Å². The fraction of sp³-hybridized carbons (Fsp3) is 0.391. The van der Waals surface area contributed by atoms with Gasteiger partial charge in [-0.05, 0) is 62.3 Å². The van der Waals surface area contributed by atoms with E-state index in [1.807, 2.05) is 24.4 Å². The van der Waals surface area contributed by atoms with Gasteiger partial charge < -0.3 is 25.6 Å². The van der Waals surface area contributed by atoms with E-state index in [4.69, 9.17) is 21.3 Å².